The molecular weight excluding hydrogens is 210 g/mol. The van der Waals surface area contributed by atoms with Crippen molar-refractivity contribution in [1.82, 2.24) is 0 Å². The van der Waals surface area contributed by atoms with Crippen molar-refractivity contribution in [3.8, 4) is 0 Å². The fourth-order valence-electron chi connectivity index (χ4n) is 3.20. The summed E-state index contributed by atoms with van der Waals surface area (Å²) < 4.78 is 0. The molecule has 1 aromatic rings. The molecule has 2 heteroatoms. The van der Waals surface area contributed by atoms with Gasteiger partial charge in [0.15, 0.2) is 5.78 Å². The maximum Gasteiger partial charge on any atom is 0.162 e. The Morgan fingerprint density at radius 1 is 1.47 bits per heavy atom. The van der Waals surface area contributed by atoms with Crippen LogP contribution >= 0.6 is 0 Å². The van der Waals surface area contributed by atoms with Gasteiger partial charge >= 0.3 is 0 Å². The van der Waals surface area contributed by atoms with Crippen molar-refractivity contribution in [2.24, 2.45) is 5.92 Å². The molecule has 0 aliphatic carbocycles. The number of anilines is 1. The number of rotatable bonds is 2. The summed E-state index contributed by atoms with van der Waals surface area (Å²) in [5.41, 5.74) is 3.65. The minimum atomic E-state index is 0.263. The molecule has 90 valence electrons. The maximum atomic E-state index is 11.7. The second-order valence-corrected chi connectivity index (χ2v) is 5.28. The summed E-state index contributed by atoms with van der Waals surface area (Å²) in [6, 6.07) is 6.28. The van der Waals surface area contributed by atoms with Gasteiger partial charge in [0.05, 0.1) is 0 Å². The number of ketones is 1. The molecule has 3 rings (SSSR count). The monoisotopic (exact) mass is 229 g/mol. The second-order valence-electron chi connectivity index (χ2n) is 5.28. The lowest BCUT2D eigenvalue weighted by molar-refractivity contribution is 0.0988. The van der Waals surface area contributed by atoms with Crippen LogP contribution in [0.2, 0.25) is 0 Å². The Kier molecular flexibility index (Phi) is 2.65. The van der Waals surface area contributed by atoms with E-state index in [2.05, 4.69) is 17.0 Å². The van der Waals surface area contributed by atoms with E-state index < -0.39 is 0 Å². The van der Waals surface area contributed by atoms with E-state index in [1.165, 1.54) is 37.2 Å². The van der Waals surface area contributed by atoms with Gasteiger partial charge in [0, 0.05) is 30.8 Å². The number of piperidine rings is 1. The molecular formula is C15H19NO. The number of nitrogens with zero attached hydrogens (tertiary/aromatic N) is 1. The topological polar surface area (TPSA) is 20.3 Å². The number of benzene rings is 1. The van der Waals surface area contributed by atoms with Crippen LogP contribution < -0.4 is 4.90 Å². The lowest BCUT2D eigenvalue weighted by atomic mass is 9.85. The molecule has 2 aliphatic rings. The summed E-state index contributed by atoms with van der Waals surface area (Å²) in [6.07, 6.45) is 4.43. The average Bonchev–Trinajstić information content (AvgIpc) is 2.37. The number of fused-ring (bicyclic) bond motifs is 4. The van der Waals surface area contributed by atoms with Crippen molar-refractivity contribution in [3.63, 3.8) is 0 Å². The van der Waals surface area contributed by atoms with E-state index >= 15 is 0 Å². The molecule has 2 aliphatic heterocycles. The molecule has 0 aromatic heterocycles. The Bertz CT molecular complexity index is 452. The van der Waals surface area contributed by atoms with Gasteiger partial charge in [0.2, 0.25) is 0 Å². The average molecular weight is 229 g/mol. The predicted octanol–water partition coefficient (Wildman–Crippen LogP) is 3.05. The quantitative estimate of drug-likeness (QED) is 0.726. The molecule has 0 spiro atoms. The highest BCUT2D eigenvalue weighted by molar-refractivity contribution is 5.96. The smallest absolute Gasteiger partial charge is 0.162 e. The van der Waals surface area contributed by atoms with Crippen LogP contribution in [0.1, 0.15) is 42.1 Å². The predicted molar refractivity (Wildman–Crippen MR) is 69.7 cm³/mol. The van der Waals surface area contributed by atoms with Crippen LogP contribution in [-0.2, 0) is 6.42 Å². The van der Waals surface area contributed by atoms with E-state index in [0.717, 1.165) is 17.9 Å². The zero-order valence-corrected chi connectivity index (χ0v) is 10.4. The lowest BCUT2D eigenvalue weighted by Gasteiger charge is -2.40. The molecule has 1 fully saturated rings. The number of carbonyl (C=O) groups is 1. The summed E-state index contributed by atoms with van der Waals surface area (Å²) in [6.45, 7) is 4.33. The Morgan fingerprint density at radius 2 is 2.35 bits per heavy atom. The van der Waals surface area contributed by atoms with Crippen molar-refractivity contribution >= 4 is 11.5 Å². The normalized spacial score (nSPS) is 22.2. The number of hydrogen-bond acceptors (Lipinski definition) is 2. The van der Waals surface area contributed by atoms with E-state index in [1.54, 1.807) is 0 Å². The third-order valence-corrected chi connectivity index (χ3v) is 4.09. The Hall–Kier alpha value is -1.31. The molecule has 2 nitrogen and oxygen atoms in total. The first-order valence-corrected chi connectivity index (χ1v) is 6.69. The fraction of sp³-hybridized carbons (Fsp3) is 0.533. The standard InChI is InChI=1S/C15H19NO/c1-2-15(17)12-5-6-14-13(9-12)8-11-4-3-7-16(14)10-11/h5-6,9,11H,2-4,7-8,10H2,1H3. The SMILES string of the molecule is CCC(=O)c1ccc2c(c1)CC1CCCN2C1. The molecule has 0 N–H and O–H groups in total. The van der Waals surface area contributed by atoms with Gasteiger partial charge in [-0.3, -0.25) is 4.79 Å². The Labute approximate surface area is 103 Å². The molecule has 1 aromatic carbocycles. The molecule has 1 saturated heterocycles. The summed E-state index contributed by atoms with van der Waals surface area (Å²) in [7, 11) is 0. The lowest BCUT2D eigenvalue weighted by Crippen LogP contribution is -2.40. The summed E-state index contributed by atoms with van der Waals surface area (Å²) in [5.74, 6) is 1.07. The highest BCUT2D eigenvalue weighted by Gasteiger charge is 2.27. The Morgan fingerprint density at radius 3 is 3.18 bits per heavy atom. The molecule has 2 heterocycles. The van der Waals surface area contributed by atoms with Gasteiger partial charge in [-0.1, -0.05) is 6.92 Å². The molecule has 1 unspecified atom stereocenters. The van der Waals surface area contributed by atoms with E-state index in [1.807, 2.05) is 13.0 Å². The molecule has 0 saturated carbocycles. The van der Waals surface area contributed by atoms with Gasteiger partial charge in [-0.2, -0.15) is 0 Å². The minimum Gasteiger partial charge on any atom is -0.371 e. The summed E-state index contributed by atoms with van der Waals surface area (Å²) in [5, 5.41) is 0. The highest BCUT2D eigenvalue weighted by Crippen LogP contribution is 2.35. The zero-order chi connectivity index (χ0) is 11.8. The Balaban J connectivity index is 1.98. The molecule has 17 heavy (non-hydrogen) atoms. The summed E-state index contributed by atoms with van der Waals surface area (Å²) >= 11 is 0. The third-order valence-electron chi connectivity index (χ3n) is 4.09. The first-order chi connectivity index (χ1) is 8.28. The van der Waals surface area contributed by atoms with Gasteiger partial charge < -0.3 is 4.90 Å². The van der Waals surface area contributed by atoms with Gasteiger partial charge in [0.25, 0.3) is 0 Å². The van der Waals surface area contributed by atoms with Crippen LogP contribution in [-0.4, -0.2) is 18.9 Å². The van der Waals surface area contributed by atoms with Crippen LogP contribution in [0.5, 0.6) is 0 Å². The highest BCUT2D eigenvalue weighted by atomic mass is 16.1. The van der Waals surface area contributed by atoms with E-state index in [-0.39, 0.29) is 5.78 Å². The second kappa shape index (κ2) is 4.17. The number of hydrogen-bond donors (Lipinski definition) is 0. The first-order valence-electron chi connectivity index (χ1n) is 6.69. The fourth-order valence-corrected chi connectivity index (χ4v) is 3.20. The van der Waals surface area contributed by atoms with Crippen molar-refractivity contribution in [2.45, 2.75) is 32.6 Å². The van der Waals surface area contributed by atoms with Crippen molar-refractivity contribution < 1.29 is 4.79 Å². The van der Waals surface area contributed by atoms with Crippen LogP contribution in [0.15, 0.2) is 18.2 Å². The molecule has 1 atom stereocenters. The third kappa shape index (κ3) is 1.86. The van der Waals surface area contributed by atoms with Crippen LogP contribution in [0.3, 0.4) is 0 Å². The maximum absolute atomic E-state index is 11.7. The first kappa shape index (κ1) is 10.8. The number of carbonyl (C=O) groups excluding carboxylic acids is 1. The van der Waals surface area contributed by atoms with Gasteiger partial charge in [0.1, 0.15) is 0 Å². The summed E-state index contributed by atoms with van der Waals surface area (Å²) in [4.78, 5) is 14.2. The van der Waals surface area contributed by atoms with Crippen molar-refractivity contribution in [2.75, 3.05) is 18.0 Å². The van der Waals surface area contributed by atoms with Crippen molar-refractivity contribution in [3.05, 3.63) is 29.3 Å². The van der Waals surface area contributed by atoms with Crippen LogP contribution in [0, 0.1) is 5.92 Å². The number of Topliss-reactive ketones (excluding diaryl/α,β-unsaturated/α-hetero) is 1. The van der Waals surface area contributed by atoms with E-state index in [4.69, 9.17) is 0 Å². The van der Waals surface area contributed by atoms with E-state index in [0.29, 0.717) is 6.42 Å². The molecule has 0 radical (unpaired) electrons. The molecule has 2 bridgehead atoms. The van der Waals surface area contributed by atoms with Gasteiger partial charge in [-0.15, -0.1) is 0 Å². The van der Waals surface area contributed by atoms with Crippen LogP contribution in [0.4, 0.5) is 5.69 Å². The van der Waals surface area contributed by atoms with Gasteiger partial charge in [-0.05, 0) is 48.9 Å². The molecule has 0 amide bonds. The zero-order valence-electron chi connectivity index (χ0n) is 10.4. The van der Waals surface area contributed by atoms with E-state index in [9.17, 15) is 4.79 Å². The largest absolute Gasteiger partial charge is 0.371 e. The van der Waals surface area contributed by atoms with Gasteiger partial charge in [-0.25, -0.2) is 0 Å². The minimum absolute atomic E-state index is 0.263. The van der Waals surface area contributed by atoms with Crippen molar-refractivity contribution in [1.29, 1.82) is 0 Å². The van der Waals surface area contributed by atoms with Crippen LogP contribution in [0.25, 0.3) is 0 Å².